The van der Waals surface area contributed by atoms with Gasteiger partial charge in [-0.05, 0) is 82.9 Å². The lowest BCUT2D eigenvalue weighted by Crippen LogP contribution is -2.41. The van der Waals surface area contributed by atoms with Gasteiger partial charge in [-0.1, -0.05) is 54.6 Å². The summed E-state index contributed by atoms with van der Waals surface area (Å²) < 4.78 is 12.5. The van der Waals surface area contributed by atoms with E-state index >= 15 is 0 Å². The third kappa shape index (κ3) is 5.02. The number of nitrogens with zero attached hydrogens (tertiary/aromatic N) is 2. The monoisotopic (exact) mass is 521 g/mol. The van der Waals surface area contributed by atoms with Gasteiger partial charge in [0.2, 0.25) is 0 Å². The van der Waals surface area contributed by atoms with Crippen LogP contribution in [0.2, 0.25) is 0 Å². The highest BCUT2D eigenvalue weighted by molar-refractivity contribution is 6.62. The van der Waals surface area contributed by atoms with Gasteiger partial charge in [0.25, 0.3) is 0 Å². The van der Waals surface area contributed by atoms with Gasteiger partial charge in [-0.3, -0.25) is 4.90 Å². The molecule has 3 heterocycles. The molecule has 7 heteroatoms. The summed E-state index contributed by atoms with van der Waals surface area (Å²) >= 11 is 0. The van der Waals surface area contributed by atoms with E-state index in [-0.39, 0.29) is 5.88 Å². The first-order valence-electron chi connectivity index (χ1n) is 13.9. The van der Waals surface area contributed by atoms with Gasteiger partial charge in [-0.15, -0.1) is 0 Å². The molecular formula is C32H36BN3O3. The molecule has 0 aliphatic carbocycles. The molecule has 0 amide bonds. The molecule has 2 N–H and O–H groups in total. The standard InChI is InChI=1S/C32H36BN3O3/c1-31(2)32(3,4)39-33(38-31)24-15-16-26-27(20-24)35-30(37)28(26)29(23-12-6-5-7-13-23)34-25-14-10-11-22(19-25)21-36-17-8-9-18-36/h5-7,10-16,19-20,35,37H,8-9,17-18,21H2,1-4H3. The number of benzene rings is 3. The van der Waals surface area contributed by atoms with Crippen LogP contribution in [0.25, 0.3) is 10.9 Å². The number of aromatic amines is 1. The van der Waals surface area contributed by atoms with Gasteiger partial charge in [0.05, 0.1) is 28.2 Å². The Kier molecular flexibility index (Phi) is 6.62. The SMILES string of the molecule is CC1(C)OB(c2ccc3c(C(=Nc4cccc(CN5CCCC5)c4)c4ccccc4)c(O)[nH]c3c2)OC1(C)C. The van der Waals surface area contributed by atoms with E-state index in [0.717, 1.165) is 53.0 Å². The van der Waals surface area contributed by atoms with Crippen LogP contribution in [-0.4, -0.2) is 52.1 Å². The molecule has 39 heavy (non-hydrogen) atoms. The predicted octanol–water partition coefficient (Wildman–Crippen LogP) is 5.94. The number of hydrogen-bond acceptors (Lipinski definition) is 5. The van der Waals surface area contributed by atoms with Crippen molar-refractivity contribution in [3.8, 4) is 5.88 Å². The molecule has 0 saturated carbocycles. The van der Waals surface area contributed by atoms with E-state index in [1.165, 1.54) is 18.4 Å². The van der Waals surface area contributed by atoms with Crippen molar-refractivity contribution in [2.24, 2.45) is 4.99 Å². The van der Waals surface area contributed by atoms with Crippen molar-refractivity contribution in [3.63, 3.8) is 0 Å². The van der Waals surface area contributed by atoms with Gasteiger partial charge in [0, 0.05) is 23.0 Å². The Morgan fingerprint density at radius 2 is 1.64 bits per heavy atom. The number of fused-ring (bicyclic) bond motifs is 1. The Hall–Kier alpha value is -3.39. The second kappa shape index (κ2) is 9.98. The first-order valence-corrected chi connectivity index (χ1v) is 13.9. The topological polar surface area (TPSA) is 70.1 Å². The lowest BCUT2D eigenvalue weighted by Gasteiger charge is -2.32. The van der Waals surface area contributed by atoms with Crippen molar-refractivity contribution in [2.45, 2.75) is 58.3 Å². The summed E-state index contributed by atoms with van der Waals surface area (Å²) in [6.07, 6.45) is 2.54. The number of aromatic nitrogens is 1. The molecule has 2 aliphatic rings. The fourth-order valence-electron chi connectivity index (χ4n) is 5.48. The fraction of sp³-hybridized carbons (Fsp3) is 0.344. The zero-order valence-electron chi connectivity index (χ0n) is 23.2. The molecule has 6 nitrogen and oxygen atoms in total. The highest BCUT2D eigenvalue weighted by Gasteiger charge is 2.51. The Balaban J connectivity index is 1.40. The lowest BCUT2D eigenvalue weighted by molar-refractivity contribution is 0.00578. The summed E-state index contributed by atoms with van der Waals surface area (Å²) in [5.74, 6) is 0.0897. The number of hydrogen-bond donors (Lipinski definition) is 2. The number of nitrogens with one attached hydrogen (secondary N) is 1. The first-order chi connectivity index (χ1) is 18.7. The van der Waals surface area contributed by atoms with E-state index in [1.54, 1.807) is 0 Å². The van der Waals surface area contributed by atoms with E-state index in [1.807, 2.05) is 82.3 Å². The van der Waals surface area contributed by atoms with Crippen molar-refractivity contribution in [2.75, 3.05) is 13.1 Å². The normalized spacial score (nSPS) is 19.3. The fourth-order valence-corrected chi connectivity index (χ4v) is 5.48. The Morgan fingerprint density at radius 3 is 2.36 bits per heavy atom. The van der Waals surface area contributed by atoms with Gasteiger partial charge >= 0.3 is 7.12 Å². The molecule has 200 valence electrons. The van der Waals surface area contributed by atoms with Crippen molar-refractivity contribution >= 4 is 34.9 Å². The number of aliphatic imine (C=N–C) groups is 1. The van der Waals surface area contributed by atoms with Crippen molar-refractivity contribution in [3.05, 3.63) is 89.5 Å². The summed E-state index contributed by atoms with van der Waals surface area (Å²) in [5, 5.41) is 12.1. The van der Waals surface area contributed by atoms with E-state index in [0.29, 0.717) is 5.56 Å². The molecule has 2 aliphatic heterocycles. The van der Waals surface area contributed by atoms with Crippen molar-refractivity contribution < 1.29 is 14.4 Å². The van der Waals surface area contributed by atoms with E-state index in [9.17, 15) is 5.11 Å². The van der Waals surface area contributed by atoms with Gasteiger partial charge in [0.15, 0.2) is 5.88 Å². The average molecular weight is 521 g/mol. The summed E-state index contributed by atoms with van der Waals surface area (Å²) in [6, 6.07) is 24.5. The van der Waals surface area contributed by atoms with Crippen LogP contribution in [0, 0.1) is 0 Å². The molecule has 2 saturated heterocycles. The molecule has 6 rings (SSSR count). The molecule has 0 radical (unpaired) electrons. The Bertz CT molecular complexity index is 1500. The van der Waals surface area contributed by atoms with E-state index in [2.05, 4.69) is 28.1 Å². The number of H-pyrrole nitrogens is 1. The largest absolute Gasteiger partial charge is 0.494 e. The average Bonchev–Trinajstić information content (AvgIpc) is 3.59. The zero-order chi connectivity index (χ0) is 27.2. The van der Waals surface area contributed by atoms with E-state index < -0.39 is 18.3 Å². The Morgan fingerprint density at radius 1 is 0.923 bits per heavy atom. The Labute approximate surface area is 230 Å². The molecule has 2 fully saturated rings. The molecule has 0 unspecified atom stereocenters. The quantitative estimate of drug-likeness (QED) is 0.244. The van der Waals surface area contributed by atoms with Gasteiger partial charge in [0.1, 0.15) is 0 Å². The molecular weight excluding hydrogens is 485 g/mol. The molecule has 0 atom stereocenters. The van der Waals surface area contributed by atoms with Gasteiger partial charge < -0.3 is 19.4 Å². The second-order valence-electron chi connectivity index (χ2n) is 11.7. The lowest BCUT2D eigenvalue weighted by atomic mass is 9.78. The first kappa shape index (κ1) is 25.9. The number of likely N-dealkylation sites (tertiary alicyclic amines) is 1. The molecule has 3 aromatic carbocycles. The minimum Gasteiger partial charge on any atom is -0.494 e. The minimum atomic E-state index is -0.478. The third-order valence-corrected chi connectivity index (χ3v) is 8.37. The highest BCUT2D eigenvalue weighted by Crippen LogP contribution is 2.37. The van der Waals surface area contributed by atoms with Crippen molar-refractivity contribution in [1.29, 1.82) is 0 Å². The van der Waals surface area contributed by atoms with Crippen LogP contribution in [0.4, 0.5) is 5.69 Å². The molecule has 0 spiro atoms. The minimum absolute atomic E-state index is 0.0897. The summed E-state index contributed by atoms with van der Waals surface area (Å²) in [4.78, 5) is 10.8. The molecule has 4 aromatic rings. The zero-order valence-corrected chi connectivity index (χ0v) is 23.2. The second-order valence-corrected chi connectivity index (χ2v) is 11.7. The smallest absolute Gasteiger partial charge is 0.494 e. The van der Waals surface area contributed by atoms with Crippen LogP contribution in [0.3, 0.4) is 0 Å². The molecule has 0 bridgehead atoms. The van der Waals surface area contributed by atoms with Crippen LogP contribution in [-0.2, 0) is 15.9 Å². The maximum Gasteiger partial charge on any atom is 0.494 e. The van der Waals surface area contributed by atoms with Crippen LogP contribution in [0.1, 0.15) is 57.2 Å². The molecule has 1 aromatic heterocycles. The summed E-state index contributed by atoms with van der Waals surface area (Å²) in [5.41, 5.74) is 5.33. The van der Waals surface area contributed by atoms with Gasteiger partial charge in [-0.2, -0.15) is 0 Å². The summed E-state index contributed by atoms with van der Waals surface area (Å²) in [6.45, 7) is 11.4. The maximum absolute atomic E-state index is 11.2. The van der Waals surface area contributed by atoms with Crippen LogP contribution in [0.15, 0.2) is 77.8 Å². The summed E-state index contributed by atoms with van der Waals surface area (Å²) in [7, 11) is -0.478. The maximum atomic E-state index is 11.2. The van der Waals surface area contributed by atoms with Crippen LogP contribution >= 0.6 is 0 Å². The van der Waals surface area contributed by atoms with Gasteiger partial charge in [-0.25, -0.2) is 4.99 Å². The van der Waals surface area contributed by atoms with Crippen LogP contribution < -0.4 is 5.46 Å². The third-order valence-electron chi connectivity index (χ3n) is 8.37. The predicted molar refractivity (Wildman–Crippen MR) is 158 cm³/mol. The van der Waals surface area contributed by atoms with Crippen molar-refractivity contribution in [1.82, 2.24) is 9.88 Å². The highest BCUT2D eigenvalue weighted by atomic mass is 16.7. The van der Waals surface area contributed by atoms with E-state index in [4.69, 9.17) is 14.3 Å². The number of rotatable bonds is 6. The van der Waals surface area contributed by atoms with Crippen LogP contribution in [0.5, 0.6) is 5.88 Å². The number of aromatic hydroxyl groups is 1.